The molecular formula is C13H21N3O. The Labute approximate surface area is 103 Å². The topological polar surface area (TPSA) is 58.4 Å². The Kier molecular flexibility index (Phi) is 5.12. The number of hydrogen-bond donors (Lipinski definition) is 2. The monoisotopic (exact) mass is 235 g/mol. The summed E-state index contributed by atoms with van der Waals surface area (Å²) in [5.74, 6) is -0.118. The van der Waals surface area contributed by atoms with E-state index in [2.05, 4.69) is 22.3 Å². The molecule has 17 heavy (non-hydrogen) atoms. The zero-order valence-corrected chi connectivity index (χ0v) is 10.7. The second-order valence-electron chi connectivity index (χ2n) is 4.42. The summed E-state index contributed by atoms with van der Waals surface area (Å²) in [4.78, 5) is 13.5. The third-order valence-corrected chi connectivity index (χ3v) is 2.69. The summed E-state index contributed by atoms with van der Waals surface area (Å²) in [6.07, 6.45) is 0. The van der Waals surface area contributed by atoms with Gasteiger partial charge in [0.1, 0.15) is 0 Å². The molecule has 1 aromatic carbocycles. The van der Waals surface area contributed by atoms with E-state index in [1.165, 1.54) is 5.56 Å². The van der Waals surface area contributed by atoms with E-state index >= 15 is 0 Å². The lowest BCUT2D eigenvalue weighted by molar-refractivity contribution is -0.122. The minimum Gasteiger partial charge on any atom is -0.353 e. The van der Waals surface area contributed by atoms with Crippen molar-refractivity contribution in [3.63, 3.8) is 0 Å². The van der Waals surface area contributed by atoms with E-state index < -0.39 is 6.04 Å². The molecule has 0 aliphatic heterocycles. The van der Waals surface area contributed by atoms with Crippen LogP contribution in [-0.4, -0.2) is 37.5 Å². The van der Waals surface area contributed by atoms with E-state index in [9.17, 15) is 4.79 Å². The van der Waals surface area contributed by atoms with Gasteiger partial charge >= 0.3 is 0 Å². The Hall–Kier alpha value is -1.39. The van der Waals surface area contributed by atoms with Crippen LogP contribution in [0.25, 0.3) is 0 Å². The SMILES string of the molecule is C[C@@H](N)C(=O)NCC(c1ccccc1)N(C)C. The highest BCUT2D eigenvalue weighted by molar-refractivity contribution is 5.80. The predicted octanol–water partition coefficient (Wildman–Crippen LogP) is 0.753. The fraction of sp³-hybridized carbons (Fsp3) is 0.462. The second-order valence-corrected chi connectivity index (χ2v) is 4.42. The van der Waals surface area contributed by atoms with Gasteiger partial charge in [-0.1, -0.05) is 30.3 Å². The fourth-order valence-electron chi connectivity index (χ4n) is 1.63. The van der Waals surface area contributed by atoms with Crippen molar-refractivity contribution < 1.29 is 4.79 Å². The van der Waals surface area contributed by atoms with Crippen LogP contribution in [0.15, 0.2) is 30.3 Å². The maximum Gasteiger partial charge on any atom is 0.236 e. The summed E-state index contributed by atoms with van der Waals surface area (Å²) in [5, 5.41) is 2.86. The molecule has 0 heterocycles. The number of nitrogens with zero attached hydrogens (tertiary/aromatic N) is 1. The van der Waals surface area contributed by atoms with Crippen LogP contribution in [0.5, 0.6) is 0 Å². The Morgan fingerprint density at radius 3 is 2.41 bits per heavy atom. The van der Waals surface area contributed by atoms with Crippen molar-refractivity contribution in [2.24, 2.45) is 5.73 Å². The van der Waals surface area contributed by atoms with E-state index in [-0.39, 0.29) is 11.9 Å². The molecule has 1 aromatic rings. The van der Waals surface area contributed by atoms with Crippen LogP contribution >= 0.6 is 0 Å². The van der Waals surface area contributed by atoms with Crippen molar-refractivity contribution in [1.82, 2.24) is 10.2 Å². The fourth-order valence-corrected chi connectivity index (χ4v) is 1.63. The normalized spacial score (nSPS) is 14.4. The number of hydrogen-bond acceptors (Lipinski definition) is 3. The van der Waals surface area contributed by atoms with Gasteiger partial charge in [0, 0.05) is 6.54 Å². The Bertz CT molecular complexity index is 349. The maximum absolute atomic E-state index is 11.4. The second kappa shape index (κ2) is 6.37. The highest BCUT2D eigenvalue weighted by Gasteiger charge is 2.15. The average molecular weight is 235 g/mol. The van der Waals surface area contributed by atoms with Gasteiger partial charge in [-0.15, -0.1) is 0 Å². The van der Waals surface area contributed by atoms with Crippen LogP contribution in [0.4, 0.5) is 0 Å². The minimum atomic E-state index is -0.464. The number of amides is 1. The molecule has 4 nitrogen and oxygen atoms in total. The van der Waals surface area contributed by atoms with Crippen molar-refractivity contribution >= 4 is 5.91 Å². The molecule has 0 aromatic heterocycles. The predicted molar refractivity (Wildman–Crippen MR) is 69.5 cm³/mol. The van der Waals surface area contributed by atoms with Gasteiger partial charge in [-0.25, -0.2) is 0 Å². The van der Waals surface area contributed by atoms with E-state index in [0.717, 1.165) is 0 Å². The molecule has 0 saturated heterocycles. The summed E-state index contributed by atoms with van der Waals surface area (Å²) in [6, 6.07) is 9.80. The third-order valence-electron chi connectivity index (χ3n) is 2.69. The molecule has 0 aliphatic rings. The van der Waals surface area contributed by atoms with Crippen LogP contribution < -0.4 is 11.1 Å². The lowest BCUT2D eigenvalue weighted by Gasteiger charge is -2.25. The van der Waals surface area contributed by atoms with Crippen LogP contribution in [0.3, 0.4) is 0 Å². The van der Waals surface area contributed by atoms with E-state index in [1.54, 1.807) is 6.92 Å². The summed E-state index contributed by atoms with van der Waals surface area (Å²) in [7, 11) is 3.99. The van der Waals surface area contributed by atoms with Crippen LogP contribution in [-0.2, 0) is 4.79 Å². The summed E-state index contributed by atoms with van der Waals surface area (Å²) >= 11 is 0. The smallest absolute Gasteiger partial charge is 0.236 e. The Balaban J connectivity index is 2.66. The number of carbonyl (C=O) groups is 1. The van der Waals surface area contributed by atoms with Gasteiger partial charge in [0.05, 0.1) is 12.1 Å². The lowest BCUT2D eigenvalue weighted by Crippen LogP contribution is -2.42. The molecule has 4 heteroatoms. The molecule has 0 bridgehead atoms. The van der Waals surface area contributed by atoms with Crippen LogP contribution in [0.2, 0.25) is 0 Å². The number of likely N-dealkylation sites (N-methyl/N-ethyl adjacent to an activating group) is 1. The Morgan fingerprint density at radius 1 is 1.35 bits per heavy atom. The van der Waals surface area contributed by atoms with Gasteiger partial charge in [0.15, 0.2) is 0 Å². The molecular weight excluding hydrogens is 214 g/mol. The van der Waals surface area contributed by atoms with Gasteiger partial charge in [-0.05, 0) is 26.6 Å². The first kappa shape index (κ1) is 13.7. The largest absolute Gasteiger partial charge is 0.353 e. The van der Waals surface area contributed by atoms with Gasteiger partial charge in [-0.2, -0.15) is 0 Å². The van der Waals surface area contributed by atoms with E-state index in [1.807, 2.05) is 32.3 Å². The third kappa shape index (κ3) is 4.17. The summed E-state index contributed by atoms with van der Waals surface area (Å²) < 4.78 is 0. The average Bonchev–Trinajstić information content (AvgIpc) is 2.29. The first-order valence-corrected chi connectivity index (χ1v) is 5.77. The van der Waals surface area contributed by atoms with Crippen LogP contribution in [0.1, 0.15) is 18.5 Å². The molecule has 0 aliphatic carbocycles. The van der Waals surface area contributed by atoms with Crippen molar-refractivity contribution in [3.05, 3.63) is 35.9 Å². The quantitative estimate of drug-likeness (QED) is 0.792. The number of nitrogens with two attached hydrogens (primary N) is 1. The van der Waals surface area contributed by atoms with Crippen molar-refractivity contribution in [2.45, 2.75) is 19.0 Å². The number of nitrogens with one attached hydrogen (secondary N) is 1. The number of carbonyl (C=O) groups excluding carboxylic acids is 1. The molecule has 0 radical (unpaired) electrons. The molecule has 94 valence electrons. The van der Waals surface area contributed by atoms with E-state index in [0.29, 0.717) is 6.54 Å². The van der Waals surface area contributed by atoms with Gasteiger partial charge in [0.25, 0.3) is 0 Å². The molecule has 3 N–H and O–H groups in total. The minimum absolute atomic E-state index is 0.118. The molecule has 1 unspecified atom stereocenters. The molecule has 1 amide bonds. The summed E-state index contributed by atoms with van der Waals surface area (Å²) in [5.41, 5.74) is 6.69. The van der Waals surface area contributed by atoms with Crippen molar-refractivity contribution in [2.75, 3.05) is 20.6 Å². The highest BCUT2D eigenvalue weighted by Crippen LogP contribution is 2.16. The number of rotatable bonds is 5. The van der Waals surface area contributed by atoms with Gasteiger partial charge in [0.2, 0.25) is 5.91 Å². The van der Waals surface area contributed by atoms with E-state index in [4.69, 9.17) is 5.73 Å². The zero-order chi connectivity index (χ0) is 12.8. The van der Waals surface area contributed by atoms with Crippen LogP contribution in [0, 0.1) is 0 Å². The van der Waals surface area contributed by atoms with Gasteiger partial charge in [-0.3, -0.25) is 4.79 Å². The highest BCUT2D eigenvalue weighted by atomic mass is 16.2. The molecule has 2 atom stereocenters. The molecule has 0 saturated carbocycles. The molecule has 0 spiro atoms. The zero-order valence-electron chi connectivity index (χ0n) is 10.7. The first-order valence-electron chi connectivity index (χ1n) is 5.77. The lowest BCUT2D eigenvalue weighted by atomic mass is 10.1. The Morgan fingerprint density at radius 2 is 1.94 bits per heavy atom. The van der Waals surface area contributed by atoms with Crippen molar-refractivity contribution in [1.29, 1.82) is 0 Å². The van der Waals surface area contributed by atoms with Crippen molar-refractivity contribution in [3.8, 4) is 0 Å². The summed E-state index contributed by atoms with van der Waals surface area (Å²) in [6.45, 7) is 2.25. The van der Waals surface area contributed by atoms with Gasteiger partial charge < -0.3 is 16.0 Å². The standard InChI is InChI=1S/C13H21N3O/c1-10(14)13(17)15-9-12(16(2)3)11-7-5-4-6-8-11/h4-8,10,12H,9,14H2,1-3H3,(H,15,17)/t10-,12?/m1/s1. The first-order chi connectivity index (χ1) is 8.02. The molecule has 0 fully saturated rings. The number of benzene rings is 1. The molecule has 1 rings (SSSR count). The maximum atomic E-state index is 11.4.